The molecule has 2 unspecified atom stereocenters. The molecule has 0 bridgehead atoms. The van der Waals surface area contributed by atoms with Crippen molar-refractivity contribution in [2.75, 3.05) is 13.1 Å². The van der Waals surface area contributed by atoms with Crippen LogP contribution in [0.1, 0.15) is 57.9 Å². The maximum atomic E-state index is 10.8. The third kappa shape index (κ3) is 4.31. The van der Waals surface area contributed by atoms with Gasteiger partial charge in [-0.25, -0.2) is 0 Å². The number of benzene rings is 1. The van der Waals surface area contributed by atoms with Gasteiger partial charge in [0.25, 0.3) is 0 Å². The molecule has 0 aromatic heterocycles. The molecule has 2 heteroatoms. The SMILES string of the molecule is CCC(C)(C(O)CCCc1ccccc1)N1CCCCC1. The van der Waals surface area contributed by atoms with Crippen molar-refractivity contribution in [1.82, 2.24) is 4.90 Å². The molecule has 2 atom stereocenters. The van der Waals surface area contributed by atoms with E-state index in [1.807, 2.05) is 0 Å². The fraction of sp³-hybridized carbons (Fsp3) is 0.684. The number of hydrogen-bond donors (Lipinski definition) is 1. The zero-order valence-corrected chi connectivity index (χ0v) is 13.7. The number of aryl methyl sites for hydroxylation is 1. The third-order valence-electron chi connectivity index (χ3n) is 5.30. The van der Waals surface area contributed by atoms with Crippen molar-refractivity contribution < 1.29 is 5.11 Å². The van der Waals surface area contributed by atoms with Crippen molar-refractivity contribution in [3.8, 4) is 0 Å². The van der Waals surface area contributed by atoms with E-state index in [9.17, 15) is 5.11 Å². The maximum Gasteiger partial charge on any atom is 0.0721 e. The van der Waals surface area contributed by atoms with Gasteiger partial charge in [-0.15, -0.1) is 0 Å². The largest absolute Gasteiger partial charge is 0.391 e. The number of aliphatic hydroxyl groups excluding tert-OH is 1. The first-order valence-electron chi connectivity index (χ1n) is 8.64. The summed E-state index contributed by atoms with van der Waals surface area (Å²) in [5.41, 5.74) is 1.33. The topological polar surface area (TPSA) is 23.5 Å². The lowest BCUT2D eigenvalue weighted by Gasteiger charge is -2.46. The highest BCUT2D eigenvalue weighted by atomic mass is 16.3. The Kier molecular flexibility index (Phi) is 6.25. The molecule has 1 aromatic carbocycles. The van der Waals surface area contributed by atoms with Crippen LogP contribution in [0.15, 0.2) is 30.3 Å². The van der Waals surface area contributed by atoms with E-state index in [0.717, 1.165) is 38.8 Å². The minimum absolute atomic E-state index is 0.0445. The quantitative estimate of drug-likeness (QED) is 0.819. The van der Waals surface area contributed by atoms with E-state index in [-0.39, 0.29) is 11.6 Å². The molecule has 1 aliphatic rings. The van der Waals surface area contributed by atoms with E-state index in [2.05, 4.69) is 49.1 Å². The predicted molar refractivity (Wildman–Crippen MR) is 89.5 cm³/mol. The predicted octanol–water partition coefficient (Wildman–Crippen LogP) is 4.02. The summed E-state index contributed by atoms with van der Waals surface area (Å²) in [5.74, 6) is 0. The Balaban J connectivity index is 1.85. The lowest BCUT2D eigenvalue weighted by molar-refractivity contribution is -0.0376. The minimum Gasteiger partial charge on any atom is -0.391 e. The third-order valence-corrected chi connectivity index (χ3v) is 5.30. The summed E-state index contributed by atoms with van der Waals surface area (Å²) in [6, 6.07) is 10.6. The Hall–Kier alpha value is -0.860. The van der Waals surface area contributed by atoms with E-state index in [0.29, 0.717) is 0 Å². The van der Waals surface area contributed by atoms with Crippen molar-refractivity contribution >= 4 is 0 Å². The van der Waals surface area contributed by atoms with E-state index in [4.69, 9.17) is 0 Å². The molecule has 1 saturated heterocycles. The summed E-state index contributed by atoms with van der Waals surface area (Å²) in [5, 5.41) is 10.8. The van der Waals surface area contributed by atoms with E-state index in [1.54, 1.807) is 0 Å². The van der Waals surface area contributed by atoms with Crippen molar-refractivity contribution in [1.29, 1.82) is 0 Å². The van der Waals surface area contributed by atoms with Gasteiger partial charge in [-0.1, -0.05) is 43.7 Å². The molecule has 1 heterocycles. The van der Waals surface area contributed by atoms with Crippen LogP contribution in [-0.4, -0.2) is 34.7 Å². The number of nitrogens with zero attached hydrogens (tertiary/aromatic N) is 1. The van der Waals surface area contributed by atoms with Crippen LogP contribution in [0.25, 0.3) is 0 Å². The number of rotatable bonds is 7. The Bertz CT molecular complexity index is 399. The van der Waals surface area contributed by atoms with Crippen LogP contribution in [0.4, 0.5) is 0 Å². The Morgan fingerprint density at radius 1 is 1.14 bits per heavy atom. The van der Waals surface area contributed by atoms with Crippen LogP contribution in [0.5, 0.6) is 0 Å². The smallest absolute Gasteiger partial charge is 0.0721 e. The number of aliphatic hydroxyl groups is 1. The molecule has 2 rings (SSSR count). The summed E-state index contributed by atoms with van der Waals surface area (Å²) in [4.78, 5) is 2.53. The lowest BCUT2D eigenvalue weighted by Crippen LogP contribution is -2.55. The van der Waals surface area contributed by atoms with Gasteiger partial charge in [-0.3, -0.25) is 4.90 Å². The first-order chi connectivity index (χ1) is 10.2. The highest BCUT2D eigenvalue weighted by Gasteiger charge is 2.37. The van der Waals surface area contributed by atoms with Gasteiger partial charge in [0.2, 0.25) is 0 Å². The monoisotopic (exact) mass is 289 g/mol. The summed E-state index contributed by atoms with van der Waals surface area (Å²) in [6.07, 6.45) is 7.75. The van der Waals surface area contributed by atoms with Crippen molar-refractivity contribution in [3.05, 3.63) is 35.9 Å². The van der Waals surface area contributed by atoms with Gasteiger partial charge >= 0.3 is 0 Å². The molecule has 0 saturated carbocycles. The fourth-order valence-corrected chi connectivity index (χ4v) is 3.53. The second-order valence-electron chi connectivity index (χ2n) is 6.65. The van der Waals surface area contributed by atoms with Gasteiger partial charge in [-0.05, 0) is 64.1 Å². The zero-order chi connectivity index (χ0) is 15.1. The second-order valence-corrected chi connectivity index (χ2v) is 6.65. The molecule has 1 fully saturated rings. The average Bonchev–Trinajstić information content (AvgIpc) is 2.55. The first kappa shape index (κ1) is 16.5. The average molecular weight is 289 g/mol. The lowest BCUT2D eigenvalue weighted by atomic mass is 9.84. The number of piperidine rings is 1. The Morgan fingerprint density at radius 2 is 1.81 bits per heavy atom. The van der Waals surface area contributed by atoms with Crippen LogP contribution in [0.3, 0.4) is 0 Å². The molecule has 1 aromatic rings. The van der Waals surface area contributed by atoms with Gasteiger partial charge in [0, 0.05) is 5.54 Å². The van der Waals surface area contributed by atoms with Gasteiger partial charge in [-0.2, -0.15) is 0 Å². The molecular weight excluding hydrogens is 258 g/mol. The highest BCUT2D eigenvalue weighted by Crippen LogP contribution is 2.29. The van der Waals surface area contributed by atoms with Crippen LogP contribution in [0, 0.1) is 0 Å². The zero-order valence-electron chi connectivity index (χ0n) is 13.7. The second kappa shape index (κ2) is 7.95. The molecule has 0 radical (unpaired) electrons. The Labute approximate surface area is 130 Å². The van der Waals surface area contributed by atoms with E-state index >= 15 is 0 Å². The van der Waals surface area contributed by atoms with E-state index < -0.39 is 0 Å². The van der Waals surface area contributed by atoms with Crippen LogP contribution in [0.2, 0.25) is 0 Å². The molecule has 0 spiro atoms. The van der Waals surface area contributed by atoms with Gasteiger partial charge in [0.1, 0.15) is 0 Å². The van der Waals surface area contributed by atoms with Crippen molar-refractivity contribution in [2.24, 2.45) is 0 Å². The summed E-state index contributed by atoms with van der Waals surface area (Å²) in [7, 11) is 0. The highest BCUT2D eigenvalue weighted by molar-refractivity contribution is 5.14. The number of likely N-dealkylation sites (tertiary alicyclic amines) is 1. The van der Waals surface area contributed by atoms with E-state index in [1.165, 1.54) is 24.8 Å². The van der Waals surface area contributed by atoms with Gasteiger partial charge < -0.3 is 5.11 Å². The van der Waals surface area contributed by atoms with Crippen LogP contribution >= 0.6 is 0 Å². The standard InChI is InChI=1S/C19H31NO/c1-3-19(2,20-15-8-5-9-16-20)18(21)14-10-13-17-11-6-4-7-12-17/h4,6-7,11-12,18,21H,3,5,8-10,13-16H2,1-2H3. The Morgan fingerprint density at radius 3 is 2.43 bits per heavy atom. The molecule has 1 aliphatic heterocycles. The molecule has 0 aliphatic carbocycles. The van der Waals surface area contributed by atoms with Gasteiger partial charge in [0.15, 0.2) is 0 Å². The molecule has 1 N–H and O–H groups in total. The molecule has 0 amide bonds. The minimum atomic E-state index is -0.218. The molecule has 21 heavy (non-hydrogen) atoms. The summed E-state index contributed by atoms with van der Waals surface area (Å²) >= 11 is 0. The van der Waals surface area contributed by atoms with Crippen molar-refractivity contribution in [2.45, 2.75) is 70.4 Å². The maximum absolute atomic E-state index is 10.8. The first-order valence-corrected chi connectivity index (χ1v) is 8.64. The molecule has 118 valence electrons. The summed E-state index contributed by atoms with van der Waals surface area (Å²) < 4.78 is 0. The van der Waals surface area contributed by atoms with Crippen LogP contribution in [-0.2, 0) is 6.42 Å². The fourth-order valence-electron chi connectivity index (χ4n) is 3.53. The van der Waals surface area contributed by atoms with Gasteiger partial charge in [0.05, 0.1) is 6.10 Å². The van der Waals surface area contributed by atoms with Crippen LogP contribution < -0.4 is 0 Å². The van der Waals surface area contributed by atoms with Crippen molar-refractivity contribution in [3.63, 3.8) is 0 Å². The molecule has 2 nitrogen and oxygen atoms in total. The summed E-state index contributed by atoms with van der Waals surface area (Å²) in [6.45, 7) is 6.78. The normalized spacial score (nSPS) is 20.9. The number of hydrogen-bond acceptors (Lipinski definition) is 2. The molecular formula is C19H31NO.